The maximum atomic E-state index is 12.5. The molecule has 24 heavy (non-hydrogen) atoms. The molecule has 0 radical (unpaired) electrons. The average Bonchev–Trinajstić information content (AvgIpc) is 3.28. The van der Waals surface area contributed by atoms with E-state index in [4.69, 9.17) is 4.74 Å². The largest absolute Gasteiger partial charge is 0.422 e. The summed E-state index contributed by atoms with van der Waals surface area (Å²) in [5, 5.41) is 0.740. The molecule has 0 unspecified atom stereocenters. The summed E-state index contributed by atoms with van der Waals surface area (Å²) in [5.74, 6) is 0.0696. The summed E-state index contributed by atoms with van der Waals surface area (Å²) < 4.78 is 9.29. The number of carbonyl (C=O) groups is 1. The first-order valence-corrected chi connectivity index (χ1v) is 8.17. The molecule has 0 saturated carbocycles. The van der Waals surface area contributed by atoms with Gasteiger partial charge in [0.2, 0.25) is 0 Å². The third kappa shape index (κ3) is 2.48. The van der Waals surface area contributed by atoms with Crippen molar-refractivity contribution in [3.63, 3.8) is 0 Å². The molecule has 0 saturated heterocycles. The zero-order valence-electron chi connectivity index (χ0n) is 13.1. The van der Waals surface area contributed by atoms with Gasteiger partial charge in [0.25, 0.3) is 0 Å². The van der Waals surface area contributed by atoms with E-state index in [0.29, 0.717) is 16.3 Å². The fraction of sp³-hybridized carbons (Fsp3) is 0.118. The van der Waals surface area contributed by atoms with Crippen LogP contribution in [-0.4, -0.2) is 25.1 Å². The Bertz CT molecular complexity index is 1030. The highest BCUT2D eigenvalue weighted by Gasteiger charge is 2.18. The minimum Gasteiger partial charge on any atom is -0.422 e. The molecule has 4 rings (SSSR count). The van der Waals surface area contributed by atoms with Gasteiger partial charge in [0.1, 0.15) is 10.6 Å². The van der Waals surface area contributed by atoms with Crippen molar-refractivity contribution in [3.8, 4) is 10.9 Å². The summed E-state index contributed by atoms with van der Waals surface area (Å²) in [6, 6.07) is 9.24. The first-order chi connectivity index (χ1) is 11.6. The van der Waals surface area contributed by atoms with Crippen LogP contribution in [0.4, 0.5) is 0 Å². The maximum absolute atomic E-state index is 12.5. The van der Waals surface area contributed by atoms with E-state index in [1.54, 1.807) is 18.5 Å². The Morgan fingerprint density at radius 3 is 2.83 bits per heavy atom. The predicted molar refractivity (Wildman–Crippen MR) is 91.9 cm³/mol. The van der Waals surface area contributed by atoms with Crippen LogP contribution >= 0.6 is 11.3 Å². The van der Waals surface area contributed by atoms with E-state index < -0.39 is 5.97 Å². The topological polar surface area (TPSA) is 61.9 Å². The highest BCUT2D eigenvalue weighted by Crippen LogP contribution is 2.25. The number of imidazole rings is 1. The molecule has 0 fully saturated rings. The molecule has 120 valence electrons. The summed E-state index contributed by atoms with van der Waals surface area (Å²) in [5.41, 5.74) is 2.43. The highest BCUT2D eigenvalue weighted by atomic mass is 32.1. The minimum absolute atomic E-state index is 0.404. The van der Waals surface area contributed by atoms with E-state index in [-0.39, 0.29) is 0 Å². The average molecular weight is 338 g/mol. The van der Waals surface area contributed by atoms with Crippen molar-refractivity contribution in [3.05, 3.63) is 59.6 Å². The first kappa shape index (κ1) is 14.6. The van der Waals surface area contributed by atoms with Crippen LogP contribution in [0.3, 0.4) is 0 Å². The SMILES string of the molecule is Cc1nc(-n2cccc2)sc1C(=O)Oc1ccc2c(c1)ncn2C. The number of esters is 1. The van der Waals surface area contributed by atoms with Gasteiger partial charge in [-0.3, -0.25) is 0 Å². The Kier molecular flexibility index (Phi) is 3.42. The lowest BCUT2D eigenvalue weighted by molar-refractivity contribution is 0.0739. The van der Waals surface area contributed by atoms with Crippen LogP contribution in [0.5, 0.6) is 5.75 Å². The number of hydrogen-bond acceptors (Lipinski definition) is 5. The number of aromatic nitrogens is 4. The Hall–Kier alpha value is -2.93. The lowest BCUT2D eigenvalue weighted by Crippen LogP contribution is -2.08. The molecule has 0 bridgehead atoms. The number of fused-ring (bicyclic) bond motifs is 1. The molecule has 0 aliphatic carbocycles. The van der Waals surface area contributed by atoms with Crippen LogP contribution in [0.15, 0.2) is 49.1 Å². The Balaban J connectivity index is 1.61. The molecule has 1 aromatic carbocycles. The van der Waals surface area contributed by atoms with Crippen molar-refractivity contribution in [1.82, 2.24) is 19.1 Å². The lowest BCUT2D eigenvalue weighted by Gasteiger charge is -2.03. The smallest absolute Gasteiger partial charge is 0.355 e. The van der Waals surface area contributed by atoms with Crippen LogP contribution in [0, 0.1) is 6.92 Å². The molecule has 0 aliphatic rings. The van der Waals surface area contributed by atoms with Crippen LogP contribution < -0.4 is 4.74 Å². The number of ether oxygens (including phenoxy) is 1. The first-order valence-electron chi connectivity index (χ1n) is 7.36. The summed E-state index contributed by atoms with van der Waals surface area (Å²) in [6.45, 7) is 1.81. The van der Waals surface area contributed by atoms with Crippen molar-refractivity contribution in [2.45, 2.75) is 6.92 Å². The normalized spacial score (nSPS) is 11.1. The van der Waals surface area contributed by atoms with E-state index >= 15 is 0 Å². The summed E-state index contributed by atoms with van der Waals surface area (Å²) in [4.78, 5) is 21.7. The number of carbonyl (C=O) groups excluding carboxylic acids is 1. The van der Waals surface area contributed by atoms with Crippen LogP contribution in [0.2, 0.25) is 0 Å². The third-order valence-electron chi connectivity index (χ3n) is 3.70. The molecule has 0 aliphatic heterocycles. The molecule has 0 N–H and O–H groups in total. The number of aryl methyl sites for hydroxylation is 2. The third-order valence-corrected chi connectivity index (χ3v) is 4.85. The van der Waals surface area contributed by atoms with Crippen molar-refractivity contribution in [2.75, 3.05) is 0 Å². The number of hydrogen-bond donors (Lipinski definition) is 0. The number of benzene rings is 1. The van der Waals surface area contributed by atoms with Crippen LogP contribution in [0.25, 0.3) is 16.2 Å². The second-order valence-corrected chi connectivity index (χ2v) is 6.37. The van der Waals surface area contributed by atoms with E-state index in [2.05, 4.69) is 9.97 Å². The van der Waals surface area contributed by atoms with Crippen LogP contribution in [0.1, 0.15) is 15.4 Å². The monoisotopic (exact) mass is 338 g/mol. The number of nitrogens with zero attached hydrogens (tertiary/aromatic N) is 4. The van der Waals surface area contributed by atoms with Crippen molar-refractivity contribution in [2.24, 2.45) is 7.05 Å². The molecular formula is C17H14N4O2S. The van der Waals surface area contributed by atoms with Crippen LogP contribution in [-0.2, 0) is 7.05 Å². The van der Waals surface area contributed by atoms with E-state index in [1.807, 2.05) is 53.7 Å². The van der Waals surface area contributed by atoms with Crippen molar-refractivity contribution in [1.29, 1.82) is 0 Å². The molecule has 0 atom stereocenters. The Morgan fingerprint density at radius 2 is 2.04 bits per heavy atom. The molecule has 3 aromatic heterocycles. The summed E-state index contributed by atoms with van der Waals surface area (Å²) in [6.07, 6.45) is 5.51. The highest BCUT2D eigenvalue weighted by molar-refractivity contribution is 7.16. The second kappa shape index (κ2) is 5.61. The maximum Gasteiger partial charge on any atom is 0.355 e. The van der Waals surface area contributed by atoms with Gasteiger partial charge in [-0.15, -0.1) is 0 Å². The summed E-state index contributed by atoms with van der Waals surface area (Å²) in [7, 11) is 1.92. The molecular weight excluding hydrogens is 324 g/mol. The van der Waals surface area contributed by atoms with E-state index in [1.165, 1.54) is 11.3 Å². The Labute approximate surface area is 142 Å². The molecule has 4 aromatic rings. The molecule has 0 spiro atoms. The Morgan fingerprint density at radius 1 is 1.25 bits per heavy atom. The van der Waals surface area contributed by atoms with Gasteiger partial charge in [0, 0.05) is 25.5 Å². The minimum atomic E-state index is -0.404. The fourth-order valence-corrected chi connectivity index (χ4v) is 3.39. The fourth-order valence-electron chi connectivity index (χ4n) is 2.48. The summed E-state index contributed by atoms with van der Waals surface area (Å²) >= 11 is 1.31. The van der Waals surface area contributed by atoms with Gasteiger partial charge in [-0.05, 0) is 31.2 Å². The predicted octanol–water partition coefficient (Wildman–Crippen LogP) is 3.35. The van der Waals surface area contributed by atoms with Gasteiger partial charge < -0.3 is 13.9 Å². The van der Waals surface area contributed by atoms with E-state index in [0.717, 1.165) is 16.2 Å². The molecule has 6 nitrogen and oxygen atoms in total. The van der Waals surface area contributed by atoms with Gasteiger partial charge >= 0.3 is 5.97 Å². The molecule has 0 amide bonds. The van der Waals surface area contributed by atoms with Crippen molar-refractivity contribution >= 4 is 28.3 Å². The quantitative estimate of drug-likeness (QED) is 0.424. The number of thiazole rings is 1. The second-order valence-electron chi connectivity index (χ2n) is 5.40. The lowest BCUT2D eigenvalue weighted by atomic mass is 10.3. The molecule has 7 heteroatoms. The molecule has 3 heterocycles. The van der Waals surface area contributed by atoms with Gasteiger partial charge in [0.05, 0.1) is 23.1 Å². The van der Waals surface area contributed by atoms with Gasteiger partial charge in [-0.2, -0.15) is 0 Å². The zero-order valence-corrected chi connectivity index (χ0v) is 13.9. The van der Waals surface area contributed by atoms with E-state index in [9.17, 15) is 4.79 Å². The van der Waals surface area contributed by atoms with Gasteiger partial charge in [-0.25, -0.2) is 14.8 Å². The van der Waals surface area contributed by atoms with Gasteiger partial charge in [-0.1, -0.05) is 11.3 Å². The number of rotatable bonds is 3. The van der Waals surface area contributed by atoms with Crippen molar-refractivity contribution < 1.29 is 9.53 Å². The van der Waals surface area contributed by atoms with Gasteiger partial charge in [0.15, 0.2) is 5.13 Å². The zero-order chi connectivity index (χ0) is 16.7. The standard InChI is InChI=1S/C17H14N4O2S/c1-11-15(24-17(19-11)21-7-3-4-8-21)16(22)23-12-5-6-14-13(9-12)18-10-20(14)2/h3-10H,1-2H3.